The van der Waals surface area contributed by atoms with Crippen LogP contribution in [-0.2, 0) is 10.1 Å². The average molecular weight is 448 g/mol. The van der Waals surface area contributed by atoms with E-state index >= 15 is 0 Å². The minimum absolute atomic E-state index is 0. The van der Waals surface area contributed by atoms with Gasteiger partial charge < -0.3 is 4.55 Å². The third-order valence-electron chi connectivity index (χ3n) is 4.19. The summed E-state index contributed by atoms with van der Waals surface area (Å²) in [5, 5.41) is 7.52. The molecule has 0 saturated heterocycles. The monoisotopic (exact) mass is 448 g/mol. The Morgan fingerprint density at radius 2 is 1.55 bits per heavy atom. The molecule has 0 spiro atoms. The van der Waals surface area contributed by atoms with E-state index in [1.54, 1.807) is 6.07 Å². The van der Waals surface area contributed by atoms with Crippen LogP contribution in [0.4, 0.5) is 11.4 Å². The normalized spacial score (nSPS) is 12.4. The molecule has 0 atom stereocenters. The van der Waals surface area contributed by atoms with Crippen LogP contribution in [0.1, 0.15) is 11.1 Å². The summed E-state index contributed by atoms with van der Waals surface area (Å²) in [6, 6.07) is 12.9. The molecule has 0 aliphatic heterocycles. The van der Waals surface area contributed by atoms with Crippen LogP contribution in [0, 0.1) is 13.8 Å². The van der Waals surface area contributed by atoms with Crippen LogP contribution in [0.15, 0.2) is 79.3 Å². The summed E-state index contributed by atoms with van der Waals surface area (Å²) in [5.74, 6) is 0. The van der Waals surface area contributed by atoms with E-state index < -0.39 is 21.0 Å². The molecule has 0 aliphatic rings. The van der Waals surface area contributed by atoms with Gasteiger partial charge in [0.25, 0.3) is 0 Å². The van der Waals surface area contributed by atoms with Crippen molar-refractivity contribution in [1.82, 2.24) is 0 Å². The topological polar surface area (TPSA) is 140 Å². The molecule has 0 fully saturated rings. The Balaban J connectivity index is 0.00000341. The molecule has 154 valence electrons. The first kappa shape index (κ1) is 24.6. The van der Waals surface area contributed by atoms with Crippen LogP contribution in [0.2, 0.25) is 0 Å². The summed E-state index contributed by atoms with van der Waals surface area (Å²) in [4.78, 5) is 24.3. The number of rotatable bonds is 5. The molecule has 2 N–H and O–H groups in total. The molecule has 3 aromatic carbocycles. The number of nitrogens with one attached hydrogen (secondary N) is 2. The molecule has 31 heavy (non-hydrogen) atoms. The van der Waals surface area contributed by atoms with Gasteiger partial charge in [-0.2, -0.15) is 10.2 Å². The number of hydrogen-bond donors (Lipinski definition) is 2. The maximum absolute atomic E-state index is 12.6. The first-order chi connectivity index (χ1) is 14.1. The van der Waals surface area contributed by atoms with Crippen molar-refractivity contribution >= 4 is 21.5 Å². The minimum atomic E-state index is -4.55. The summed E-state index contributed by atoms with van der Waals surface area (Å²) in [7, 11) is -4.55. The van der Waals surface area contributed by atoms with E-state index in [1.807, 2.05) is 26.0 Å². The van der Waals surface area contributed by atoms with Crippen LogP contribution in [-0.4, -0.2) is 13.0 Å². The molecule has 0 aliphatic carbocycles. The van der Waals surface area contributed by atoms with E-state index in [4.69, 9.17) is 0 Å². The van der Waals surface area contributed by atoms with E-state index in [1.165, 1.54) is 24.3 Å². The number of nitrogens with zero attached hydrogens (tertiary/aromatic N) is 2. The maximum atomic E-state index is 12.6. The van der Waals surface area contributed by atoms with Gasteiger partial charge in [-0.3, -0.25) is 20.4 Å². The fourth-order valence-corrected chi connectivity index (χ4v) is 3.08. The molecule has 0 unspecified atom stereocenters. The standard InChI is InChI=1S/C20H18N4O5S.Na/c1-12-3-8-16(13(2)11-12)22-24-19-18(25)10-9-17(20(19)26)23-21-14-4-6-15(7-5-14)30(27,28)29;/h3-11,21-22H,1-2H3,(H,27,28,29);/q;+1/p-1/b23-17-,24-19?;. The number of aryl methyl sites for hydroxylation is 2. The molecule has 3 aromatic rings. The molecule has 0 aromatic heterocycles. The number of benzene rings is 3. The second-order valence-electron chi connectivity index (χ2n) is 6.50. The molecule has 0 bridgehead atoms. The van der Waals surface area contributed by atoms with Gasteiger partial charge in [-0.25, -0.2) is 8.42 Å². The van der Waals surface area contributed by atoms with Crippen molar-refractivity contribution in [2.75, 3.05) is 10.9 Å². The van der Waals surface area contributed by atoms with Crippen LogP contribution in [0.5, 0.6) is 0 Å². The zero-order valence-electron chi connectivity index (χ0n) is 17.0. The summed E-state index contributed by atoms with van der Waals surface area (Å²) >= 11 is 0. The largest absolute Gasteiger partial charge is 1.00 e. The molecule has 11 heteroatoms. The minimum Gasteiger partial charge on any atom is -0.744 e. The molecule has 0 saturated carbocycles. The fraction of sp³-hybridized carbons (Fsp3) is 0.100. The van der Waals surface area contributed by atoms with E-state index in [-0.39, 0.29) is 45.2 Å². The maximum Gasteiger partial charge on any atom is 1.00 e. The molecular formula is C20H17N4NaO5S. The van der Waals surface area contributed by atoms with Gasteiger partial charge in [0.2, 0.25) is 10.9 Å². The first-order valence-electron chi connectivity index (χ1n) is 8.73. The van der Waals surface area contributed by atoms with Crippen molar-refractivity contribution in [2.45, 2.75) is 18.7 Å². The SMILES string of the molecule is Cc1ccc(NN=c2c(=O)cc/c(=N/Nc3ccc(S(=O)(=O)[O-])cc3)c2=O)c(C)c1.[Na+]. The third kappa shape index (κ3) is 6.18. The van der Waals surface area contributed by atoms with Crippen molar-refractivity contribution in [2.24, 2.45) is 10.2 Å². The molecule has 3 rings (SSSR count). The van der Waals surface area contributed by atoms with Crippen LogP contribution in [0.3, 0.4) is 0 Å². The first-order valence-corrected chi connectivity index (χ1v) is 10.1. The van der Waals surface area contributed by atoms with Gasteiger partial charge in [0.05, 0.1) is 16.3 Å². The van der Waals surface area contributed by atoms with Crippen LogP contribution < -0.4 is 62.0 Å². The van der Waals surface area contributed by atoms with Crippen molar-refractivity contribution < 1.29 is 42.5 Å². The Morgan fingerprint density at radius 1 is 0.871 bits per heavy atom. The average Bonchev–Trinajstić information content (AvgIpc) is 2.68. The Morgan fingerprint density at radius 3 is 2.16 bits per heavy atom. The van der Waals surface area contributed by atoms with Crippen LogP contribution >= 0.6 is 0 Å². The van der Waals surface area contributed by atoms with E-state index in [9.17, 15) is 22.6 Å². The molecular weight excluding hydrogens is 431 g/mol. The third-order valence-corrected chi connectivity index (χ3v) is 5.04. The van der Waals surface area contributed by atoms with Gasteiger partial charge in [0.15, 0.2) is 5.36 Å². The fourth-order valence-electron chi connectivity index (χ4n) is 2.61. The van der Waals surface area contributed by atoms with Crippen LogP contribution in [0.25, 0.3) is 0 Å². The Hall–Kier alpha value is -2.63. The predicted octanol–water partition coefficient (Wildman–Crippen LogP) is -2.34. The smallest absolute Gasteiger partial charge is 0.744 e. The van der Waals surface area contributed by atoms with Gasteiger partial charge in [-0.1, -0.05) is 17.7 Å². The summed E-state index contributed by atoms with van der Waals surface area (Å²) in [6.45, 7) is 3.82. The molecule has 0 heterocycles. The summed E-state index contributed by atoms with van der Waals surface area (Å²) in [5.41, 5.74) is 7.07. The molecule has 9 nitrogen and oxygen atoms in total. The number of anilines is 2. The molecule has 0 radical (unpaired) electrons. The van der Waals surface area contributed by atoms with Gasteiger partial charge >= 0.3 is 29.6 Å². The predicted molar refractivity (Wildman–Crippen MR) is 110 cm³/mol. The summed E-state index contributed by atoms with van der Waals surface area (Å²) < 4.78 is 32.9. The Labute approximate surface area is 199 Å². The van der Waals surface area contributed by atoms with Crippen molar-refractivity contribution in [3.8, 4) is 0 Å². The quantitative estimate of drug-likeness (QED) is 0.253. The summed E-state index contributed by atoms with van der Waals surface area (Å²) in [6.07, 6.45) is 0. The zero-order valence-corrected chi connectivity index (χ0v) is 19.9. The van der Waals surface area contributed by atoms with E-state index in [0.717, 1.165) is 23.3 Å². The van der Waals surface area contributed by atoms with E-state index in [2.05, 4.69) is 21.1 Å². The second-order valence-corrected chi connectivity index (χ2v) is 7.88. The Bertz CT molecular complexity index is 1430. The van der Waals surface area contributed by atoms with E-state index in [0.29, 0.717) is 11.4 Å². The van der Waals surface area contributed by atoms with Gasteiger partial charge in [0.1, 0.15) is 15.5 Å². The van der Waals surface area contributed by atoms with Crippen molar-refractivity contribution in [3.05, 3.63) is 96.9 Å². The van der Waals surface area contributed by atoms with Gasteiger partial charge in [0, 0.05) is 0 Å². The van der Waals surface area contributed by atoms with Gasteiger partial charge in [-0.15, -0.1) is 0 Å². The van der Waals surface area contributed by atoms with Gasteiger partial charge in [-0.05, 0) is 61.9 Å². The Kier molecular flexibility index (Phi) is 8.04. The van der Waals surface area contributed by atoms with Crippen molar-refractivity contribution in [1.29, 1.82) is 0 Å². The second kappa shape index (κ2) is 10.1. The number of hydrogen-bond acceptors (Lipinski definition) is 9. The molecule has 0 amide bonds. The zero-order chi connectivity index (χ0) is 21.9. The van der Waals surface area contributed by atoms with Crippen molar-refractivity contribution in [3.63, 3.8) is 0 Å².